The van der Waals surface area contributed by atoms with E-state index in [1.807, 2.05) is 36.9 Å². The molecular weight excluding hydrogens is 442 g/mol. The zero-order chi connectivity index (χ0) is 25.0. The Kier molecular flexibility index (Phi) is 8.02. The molecule has 190 valence electrons. The fraction of sp³-hybridized carbons (Fsp3) is 0.552. The first-order chi connectivity index (χ1) is 16.8. The molecule has 2 aliphatic rings. The quantitative estimate of drug-likeness (QED) is 0.500. The Morgan fingerprint density at radius 1 is 1.00 bits per heavy atom. The highest BCUT2D eigenvalue weighted by Gasteiger charge is 2.45. The van der Waals surface area contributed by atoms with Crippen molar-refractivity contribution >= 4 is 5.91 Å². The fourth-order valence-corrected chi connectivity index (χ4v) is 5.27. The SMILES string of the molecule is COc1cc(C(=O)N2CCC3(CC2)C[C@H](OC(C)C)C[C@H](c2ccccc2)O3)ccc1OC(C)C. The zero-order valence-corrected chi connectivity index (χ0v) is 21.7. The molecule has 2 aliphatic heterocycles. The van der Waals surface area contributed by atoms with Gasteiger partial charge in [-0.3, -0.25) is 4.79 Å². The molecular formula is C29H39NO5. The van der Waals surface area contributed by atoms with E-state index in [1.165, 1.54) is 5.56 Å². The standard InChI is InChI=1S/C29H39NO5/c1-20(2)33-24-18-26(22-9-7-6-8-10-22)35-29(19-24)13-15-30(16-14-29)28(31)23-11-12-25(34-21(3)4)27(17-23)32-5/h6-12,17,20-21,24,26H,13-16,18-19H2,1-5H3/t24-,26-/m1/s1. The second-order valence-corrected chi connectivity index (χ2v) is 10.3. The van der Waals surface area contributed by atoms with E-state index in [0.29, 0.717) is 30.2 Å². The van der Waals surface area contributed by atoms with Crippen molar-refractivity contribution in [3.63, 3.8) is 0 Å². The van der Waals surface area contributed by atoms with Crippen molar-refractivity contribution in [2.45, 2.75) is 83.4 Å². The first-order valence-corrected chi connectivity index (χ1v) is 12.8. The van der Waals surface area contributed by atoms with Gasteiger partial charge in [0, 0.05) is 31.5 Å². The summed E-state index contributed by atoms with van der Waals surface area (Å²) in [5, 5.41) is 0. The van der Waals surface area contributed by atoms with E-state index in [1.54, 1.807) is 13.2 Å². The van der Waals surface area contributed by atoms with Gasteiger partial charge in [-0.2, -0.15) is 0 Å². The lowest BCUT2D eigenvalue weighted by Gasteiger charge is -2.49. The summed E-state index contributed by atoms with van der Waals surface area (Å²) in [6, 6.07) is 15.8. The summed E-state index contributed by atoms with van der Waals surface area (Å²) in [5.41, 5.74) is 1.53. The molecule has 0 bridgehead atoms. The molecule has 1 amide bonds. The minimum atomic E-state index is -0.276. The van der Waals surface area contributed by atoms with E-state index in [-0.39, 0.29) is 35.9 Å². The molecule has 0 N–H and O–H groups in total. The lowest BCUT2D eigenvalue weighted by molar-refractivity contribution is -0.197. The second kappa shape index (κ2) is 11.0. The summed E-state index contributed by atoms with van der Waals surface area (Å²) in [7, 11) is 1.60. The zero-order valence-electron chi connectivity index (χ0n) is 21.7. The Bertz CT molecular complexity index is 982. The van der Waals surface area contributed by atoms with Crippen LogP contribution in [0.4, 0.5) is 0 Å². The average molecular weight is 482 g/mol. The van der Waals surface area contributed by atoms with Crippen LogP contribution < -0.4 is 9.47 Å². The van der Waals surface area contributed by atoms with Gasteiger partial charge in [0.2, 0.25) is 0 Å². The van der Waals surface area contributed by atoms with Crippen LogP contribution in [0.3, 0.4) is 0 Å². The topological polar surface area (TPSA) is 57.2 Å². The Morgan fingerprint density at radius 2 is 1.71 bits per heavy atom. The number of benzene rings is 2. The van der Waals surface area contributed by atoms with Gasteiger partial charge in [0.05, 0.1) is 37.1 Å². The third kappa shape index (κ3) is 6.17. The van der Waals surface area contributed by atoms with Crippen LogP contribution in [0.5, 0.6) is 11.5 Å². The van der Waals surface area contributed by atoms with Crippen LogP contribution in [0.25, 0.3) is 0 Å². The van der Waals surface area contributed by atoms with Gasteiger partial charge in [-0.25, -0.2) is 0 Å². The van der Waals surface area contributed by atoms with Crippen LogP contribution in [0.15, 0.2) is 48.5 Å². The molecule has 6 nitrogen and oxygen atoms in total. The number of amides is 1. The van der Waals surface area contributed by atoms with Gasteiger partial charge in [-0.15, -0.1) is 0 Å². The lowest BCUT2D eigenvalue weighted by Crippen LogP contribution is -2.52. The molecule has 2 aromatic carbocycles. The summed E-state index contributed by atoms with van der Waals surface area (Å²) >= 11 is 0. The molecule has 2 fully saturated rings. The molecule has 1 spiro atoms. The molecule has 2 atom stereocenters. The molecule has 35 heavy (non-hydrogen) atoms. The maximum atomic E-state index is 13.3. The Labute approximate surface area is 209 Å². The van der Waals surface area contributed by atoms with Crippen LogP contribution >= 0.6 is 0 Å². The summed E-state index contributed by atoms with van der Waals surface area (Å²) < 4.78 is 24.4. The number of nitrogens with zero attached hydrogens (tertiary/aromatic N) is 1. The minimum Gasteiger partial charge on any atom is -0.493 e. The smallest absolute Gasteiger partial charge is 0.253 e. The van der Waals surface area contributed by atoms with Crippen molar-refractivity contribution in [1.82, 2.24) is 4.90 Å². The molecule has 0 aromatic heterocycles. The number of likely N-dealkylation sites (tertiary alicyclic amines) is 1. The number of carbonyl (C=O) groups is 1. The van der Waals surface area contributed by atoms with Gasteiger partial charge >= 0.3 is 0 Å². The molecule has 0 saturated carbocycles. The van der Waals surface area contributed by atoms with Crippen LogP contribution in [0.2, 0.25) is 0 Å². The predicted octanol–water partition coefficient (Wildman–Crippen LogP) is 5.80. The summed E-state index contributed by atoms with van der Waals surface area (Å²) in [6.45, 7) is 9.42. The minimum absolute atomic E-state index is 0.00807. The van der Waals surface area contributed by atoms with E-state index in [2.05, 4.69) is 38.1 Å². The van der Waals surface area contributed by atoms with Gasteiger partial charge in [0.25, 0.3) is 5.91 Å². The Balaban J connectivity index is 1.46. The Morgan fingerprint density at radius 3 is 2.34 bits per heavy atom. The van der Waals surface area contributed by atoms with Crippen molar-refractivity contribution in [1.29, 1.82) is 0 Å². The van der Waals surface area contributed by atoms with E-state index >= 15 is 0 Å². The van der Waals surface area contributed by atoms with Gasteiger partial charge < -0.3 is 23.8 Å². The summed E-state index contributed by atoms with van der Waals surface area (Å²) in [5.74, 6) is 1.24. The number of hydrogen-bond donors (Lipinski definition) is 0. The van der Waals surface area contributed by atoms with Gasteiger partial charge in [-0.1, -0.05) is 30.3 Å². The predicted molar refractivity (Wildman–Crippen MR) is 136 cm³/mol. The number of rotatable bonds is 7. The highest BCUT2D eigenvalue weighted by Crippen LogP contribution is 2.44. The molecule has 2 heterocycles. The fourth-order valence-electron chi connectivity index (χ4n) is 5.27. The molecule has 4 rings (SSSR count). The first-order valence-electron chi connectivity index (χ1n) is 12.8. The molecule has 2 saturated heterocycles. The van der Waals surface area contributed by atoms with E-state index in [0.717, 1.165) is 25.7 Å². The summed E-state index contributed by atoms with van der Waals surface area (Å²) in [6.07, 6.45) is 3.68. The normalized spacial score (nSPS) is 22.0. The van der Waals surface area contributed by atoms with Gasteiger partial charge in [-0.05, 0) is 64.3 Å². The van der Waals surface area contributed by atoms with Crippen molar-refractivity contribution in [2.75, 3.05) is 20.2 Å². The van der Waals surface area contributed by atoms with Crippen molar-refractivity contribution < 1.29 is 23.7 Å². The number of methoxy groups -OCH3 is 1. The van der Waals surface area contributed by atoms with Gasteiger partial charge in [0.15, 0.2) is 11.5 Å². The third-order valence-electron chi connectivity index (χ3n) is 6.84. The molecule has 0 radical (unpaired) electrons. The van der Waals surface area contributed by atoms with E-state index in [9.17, 15) is 4.79 Å². The Hall–Kier alpha value is -2.57. The van der Waals surface area contributed by atoms with Crippen molar-refractivity contribution in [2.24, 2.45) is 0 Å². The average Bonchev–Trinajstić information content (AvgIpc) is 2.84. The summed E-state index contributed by atoms with van der Waals surface area (Å²) in [4.78, 5) is 15.3. The largest absolute Gasteiger partial charge is 0.493 e. The highest BCUT2D eigenvalue weighted by molar-refractivity contribution is 5.95. The molecule has 0 aliphatic carbocycles. The maximum Gasteiger partial charge on any atom is 0.253 e. The van der Waals surface area contributed by atoms with Crippen LogP contribution in [-0.4, -0.2) is 54.9 Å². The molecule has 2 aromatic rings. The van der Waals surface area contributed by atoms with Crippen LogP contribution in [-0.2, 0) is 9.47 Å². The van der Waals surface area contributed by atoms with Crippen molar-refractivity contribution in [3.05, 3.63) is 59.7 Å². The number of carbonyl (C=O) groups excluding carboxylic acids is 1. The van der Waals surface area contributed by atoms with Crippen molar-refractivity contribution in [3.8, 4) is 11.5 Å². The second-order valence-electron chi connectivity index (χ2n) is 10.3. The molecule has 0 unspecified atom stereocenters. The number of ether oxygens (including phenoxy) is 4. The van der Waals surface area contributed by atoms with Gasteiger partial charge in [0.1, 0.15) is 0 Å². The maximum absolute atomic E-state index is 13.3. The van der Waals surface area contributed by atoms with E-state index in [4.69, 9.17) is 18.9 Å². The third-order valence-corrected chi connectivity index (χ3v) is 6.84. The molecule has 6 heteroatoms. The van der Waals surface area contributed by atoms with Crippen LogP contribution in [0.1, 0.15) is 75.4 Å². The lowest BCUT2D eigenvalue weighted by atomic mass is 9.80. The monoisotopic (exact) mass is 481 g/mol. The number of piperidine rings is 1. The van der Waals surface area contributed by atoms with Crippen LogP contribution in [0, 0.1) is 0 Å². The first kappa shape index (κ1) is 25.5. The highest BCUT2D eigenvalue weighted by atomic mass is 16.5. The number of hydrogen-bond acceptors (Lipinski definition) is 5. The van der Waals surface area contributed by atoms with E-state index < -0.39 is 0 Å².